The molecular weight excluding hydrogens is 210 g/mol. The van der Waals surface area contributed by atoms with Gasteiger partial charge in [-0.05, 0) is 24.0 Å². The predicted molar refractivity (Wildman–Crippen MR) is 55.1 cm³/mol. The number of rotatable bonds is 2. The average Bonchev–Trinajstić information content (AvgIpc) is 2.13. The van der Waals surface area contributed by atoms with Gasteiger partial charge in [-0.2, -0.15) is 0 Å². The lowest BCUT2D eigenvalue weighted by Crippen LogP contribution is -1.96. The maximum absolute atomic E-state index is 13.5. The lowest BCUT2D eigenvalue weighted by atomic mass is 9.98. The van der Waals surface area contributed by atoms with Crippen LogP contribution in [0.2, 0.25) is 10.0 Å². The molecule has 1 aromatic carbocycles. The summed E-state index contributed by atoms with van der Waals surface area (Å²) in [6.07, 6.45) is 0.884. The second-order valence-corrected chi connectivity index (χ2v) is 3.86. The molecule has 72 valence electrons. The van der Waals surface area contributed by atoms with Gasteiger partial charge in [0.1, 0.15) is 5.82 Å². The van der Waals surface area contributed by atoms with Gasteiger partial charge in [0.2, 0.25) is 0 Å². The van der Waals surface area contributed by atoms with Crippen molar-refractivity contribution in [2.75, 3.05) is 0 Å². The first-order valence-electron chi connectivity index (χ1n) is 4.21. The molecule has 0 saturated carbocycles. The van der Waals surface area contributed by atoms with Crippen LogP contribution in [0.1, 0.15) is 31.7 Å². The molecule has 1 aromatic rings. The Morgan fingerprint density at radius 3 is 2.54 bits per heavy atom. The van der Waals surface area contributed by atoms with E-state index in [4.69, 9.17) is 23.2 Å². The smallest absolute Gasteiger partial charge is 0.146 e. The third-order valence-electron chi connectivity index (χ3n) is 2.21. The molecule has 0 spiro atoms. The Kier molecular flexibility index (Phi) is 3.57. The van der Waals surface area contributed by atoms with Gasteiger partial charge in [0, 0.05) is 0 Å². The molecule has 0 N–H and O–H groups in total. The molecule has 0 aliphatic heterocycles. The molecule has 0 bridgehead atoms. The van der Waals surface area contributed by atoms with Gasteiger partial charge in [-0.15, -0.1) is 0 Å². The SMILES string of the molecule is CCC(C)c1ccc(Cl)c(Cl)c1F. The highest BCUT2D eigenvalue weighted by molar-refractivity contribution is 6.42. The Balaban J connectivity index is 3.18. The molecule has 0 nitrogen and oxygen atoms in total. The van der Waals surface area contributed by atoms with Crippen LogP contribution in [0.25, 0.3) is 0 Å². The molecule has 3 heteroatoms. The monoisotopic (exact) mass is 220 g/mol. The molecule has 1 atom stereocenters. The van der Waals surface area contributed by atoms with E-state index in [2.05, 4.69) is 0 Å². The fourth-order valence-corrected chi connectivity index (χ4v) is 1.46. The van der Waals surface area contributed by atoms with Crippen molar-refractivity contribution >= 4 is 23.2 Å². The van der Waals surface area contributed by atoms with E-state index in [9.17, 15) is 4.39 Å². The molecule has 0 saturated heterocycles. The Hall–Kier alpha value is -0.270. The van der Waals surface area contributed by atoms with Gasteiger partial charge in [-0.1, -0.05) is 43.1 Å². The third kappa shape index (κ3) is 2.15. The van der Waals surface area contributed by atoms with Crippen LogP contribution in [-0.4, -0.2) is 0 Å². The minimum absolute atomic E-state index is 0.0273. The van der Waals surface area contributed by atoms with E-state index in [1.807, 2.05) is 13.8 Å². The molecule has 1 unspecified atom stereocenters. The van der Waals surface area contributed by atoms with Crippen LogP contribution in [-0.2, 0) is 0 Å². The summed E-state index contributed by atoms with van der Waals surface area (Å²) in [7, 11) is 0. The minimum Gasteiger partial charge on any atom is -0.205 e. The van der Waals surface area contributed by atoms with Crippen molar-refractivity contribution < 1.29 is 4.39 Å². The summed E-state index contributed by atoms with van der Waals surface area (Å²) in [5.41, 5.74) is 0.636. The number of hydrogen-bond acceptors (Lipinski definition) is 0. The van der Waals surface area contributed by atoms with Gasteiger partial charge < -0.3 is 0 Å². The molecule has 0 radical (unpaired) electrons. The van der Waals surface area contributed by atoms with Crippen LogP contribution in [0.15, 0.2) is 12.1 Å². The molecule has 0 aromatic heterocycles. The highest BCUT2D eigenvalue weighted by Gasteiger charge is 2.14. The van der Waals surface area contributed by atoms with Crippen molar-refractivity contribution in [2.24, 2.45) is 0 Å². The van der Waals surface area contributed by atoms with Gasteiger partial charge >= 0.3 is 0 Å². The molecular formula is C10H11Cl2F. The molecule has 1 rings (SSSR count). The standard InChI is InChI=1S/C10H11Cl2F/c1-3-6(2)7-4-5-8(11)9(12)10(7)13/h4-6H,3H2,1-2H3. The van der Waals surface area contributed by atoms with Crippen molar-refractivity contribution in [1.29, 1.82) is 0 Å². The molecule has 13 heavy (non-hydrogen) atoms. The highest BCUT2D eigenvalue weighted by Crippen LogP contribution is 2.31. The first-order valence-corrected chi connectivity index (χ1v) is 4.96. The van der Waals surface area contributed by atoms with E-state index in [0.29, 0.717) is 5.56 Å². The maximum Gasteiger partial charge on any atom is 0.146 e. The molecule has 0 amide bonds. The lowest BCUT2D eigenvalue weighted by Gasteiger charge is -2.11. The number of hydrogen-bond donors (Lipinski definition) is 0. The van der Waals surface area contributed by atoms with E-state index in [0.717, 1.165) is 6.42 Å². The van der Waals surface area contributed by atoms with E-state index in [1.54, 1.807) is 12.1 Å². The van der Waals surface area contributed by atoms with Crippen LogP contribution >= 0.6 is 23.2 Å². The van der Waals surface area contributed by atoms with Crippen LogP contribution < -0.4 is 0 Å². The summed E-state index contributed by atoms with van der Waals surface area (Å²) in [5, 5.41) is 0.297. The second-order valence-electron chi connectivity index (χ2n) is 3.07. The predicted octanol–water partition coefficient (Wildman–Crippen LogP) is 4.65. The van der Waals surface area contributed by atoms with Crippen molar-refractivity contribution in [2.45, 2.75) is 26.2 Å². The zero-order valence-electron chi connectivity index (χ0n) is 7.57. The fraction of sp³-hybridized carbons (Fsp3) is 0.400. The number of halogens is 3. The van der Waals surface area contributed by atoms with Crippen LogP contribution in [0, 0.1) is 5.82 Å². The zero-order chi connectivity index (χ0) is 10.0. The summed E-state index contributed by atoms with van der Waals surface area (Å²) in [4.78, 5) is 0. The Morgan fingerprint density at radius 2 is 2.00 bits per heavy atom. The summed E-state index contributed by atoms with van der Waals surface area (Å²) >= 11 is 11.3. The molecule has 0 fully saturated rings. The van der Waals surface area contributed by atoms with Crippen LogP contribution in [0.3, 0.4) is 0 Å². The lowest BCUT2D eigenvalue weighted by molar-refractivity contribution is 0.584. The van der Waals surface area contributed by atoms with Crippen molar-refractivity contribution in [3.05, 3.63) is 33.6 Å². The van der Waals surface area contributed by atoms with Gasteiger partial charge in [0.15, 0.2) is 0 Å². The van der Waals surface area contributed by atoms with Crippen LogP contribution in [0.4, 0.5) is 4.39 Å². The first kappa shape index (κ1) is 10.8. The summed E-state index contributed by atoms with van der Waals surface area (Å²) in [5.74, 6) is -0.210. The van der Waals surface area contributed by atoms with Gasteiger partial charge in [-0.25, -0.2) is 4.39 Å². The fourth-order valence-electron chi connectivity index (χ4n) is 1.14. The minimum atomic E-state index is -0.386. The van der Waals surface area contributed by atoms with E-state index in [-0.39, 0.29) is 21.8 Å². The first-order chi connectivity index (χ1) is 6.07. The second kappa shape index (κ2) is 4.30. The molecule has 0 heterocycles. The molecule has 0 aliphatic carbocycles. The Morgan fingerprint density at radius 1 is 1.38 bits per heavy atom. The average molecular weight is 221 g/mol. The quantitative estimate of drug-likeness (QED) is 0.638. The number of benzene rings is 1. The maximum atomic E-state index is 13.5. The Bertz CT molecular complexity index is 310. The highest BCUT2D eigenvalue weighted by atomic mass is 35.5. The van der Waals surface area contributed by atoms with Crippen LogP contribution in [0.5, 0.6) is 0 Å². The topological polar surface area (TPSA) is 0 Å². The normalized spacial score (nSPS) is 13.0. The third-order valence-corrected chi connectivity index (χ3v) is 2.99. The summed E-state index contributed by atoms with van der Waals surface area (Å²) < 4.78 is 13.5. The van der Waals surface area contributed by atoms with Crippen molar-refractivity contribution in [3.63, 3.8) is 0 Å². The largest absolute Gasteiger partial charge is 0.205 e. The van der Waals surface area contributed by atoms with E-state index >= 15 is 0 Å². The van der Waals surface area contributed by atoms with Crippen molar-refractivity contribution in [1.82, 2.24) is 0 Å². The van der Waals surface area contributed by atoms with Gasteiger partial charge in [-0.3, -0.25) is 0 Å². The van der Waals surface area contributed by atoms with E-state index in [1.165, 1.54) is 0 Å². The van der Waals surface area contributed by atoms with Gasteiger partial charge in [0.05, 0.1) is 10.0 Å². The van der Waals surface area contributed by atoms with Crippen molar-refractivity contribution in [3.8, 4) is 0 Å². The summed E-state index contributed by atoms with van der Waals surface area (Å²) in [6, 6.07) is 3.33. The Labute approximate surface area is 87.7 Å². The van der Waals surface area contributed by atoms with E-state index < -0.39 is 0 Å². The zero-order valence-corrected chi connectivity index (χ0v) is 9.08. The van der Waals surface area contributed by atoms with Gasteiger partial charge in [0.25, 0.3) is 0 Å². The summed E-state index contributed by atoms with van der Waals surface area (Å²) in [6.45, 7) is 3.97. The molecule has 0 aliphatic rings.